The van der Waals surface area contributed by atoms with Crippen LogP contribution in [0.3, 0.4) is 0 Å². The highest BCUT2D eigenvalue weighted by molar-refractivity contribution is 5.81. The molecule has 2 unspecified atom stereocenters. The summed E-state index contributed by atoms with van der Waals surface area (Å²) in [6.45, 7) is 6.23. The van der Waals surface area contributed by atoms with Gasteiger partial charge in [0.15, 0.2) is 0 Å². The lowest BCUT2D eigenvalue weighted by atomic mass is 9.86. The van der Waals surface area contributed by atoms with Crippen molar-refractivity contribution in [2.45, 2.75) is 46.1 Å². The van der Waals surface area contributed by atoms with Gasteiger partial charge in [0, 0.05) is 18.4 Å². The van der Waals surface area contributed by atoms with E-state index in [1.165, 1.54) is 0 Å². The molecule has 0 radical (unpaired) electrons. The van der Waals surface area contributed by atoms with E-state index < -0.39 is 0 Å². The molecule has 0 spiro atoms. The first-order chi connectivity index (χ1) is 8.60. The number of hydrogen-bond donors (Lipinski definition) is 1. The molecule has 1 rings (SSSR count). The zero-order valence-electron chi connectivity index (χ0n) is 11.7. The third-order valence-electron chi connectivity index (χ3n) is 3.88. The van der Waals surface area contributed by atoms with E-state index in [-0.39, 0.29) is 12.0 Å². The van der Waals surface area contributed by atoms with E-state index >= 15 is 0 Å². The molecule has 0 aliphatic heterocycles. The highest BCUT2D eigenvalue weighted by atomic mass is 16.1. The van der Waals surface area contributed by atoms with Crippen molar-refractivity contribution < 1.29 is 4.79 Å². The Morgan fingerprint density at radius 1 is 1.17 bits per heavy atom. The average Bonchev–Trinajstić information content (AvgIpc) is 2.43. The van der Waals surface area contributed by atoms with Gasteiger partial charge in [0.25, 0.3) is 0 Å². The number of ketones is 1. The summed E-state index contributed by atoms with van der Waals surface area (Å²) >= 11 is 0. The monoisotopic (exact) mass is 247 g/mol. The van der Waals surface area contributed by atoms with Crippen LogP contribution in [-0.4, -0.2) is 5.78 Å². The summed E-state index contributed by atoms with van der Waals surface area (Å²) in [5.74, 6) is 0.691. The first-order valence-electron chi connectivity index (χ1n) is 6.93. The molecule has 0 saturated heterocycles. The summed E-state index contributed by atoms with van der Waals surface area (Å²) in [4.78, 5) is 12.2. The fourth-order valence-corrected chi connectivity index (χ4v) is 2.21. The number of Topliss-reactive ketones (excluding diaryl/α,β-unsaturated/α-hetero) is 1. The molecule has 0 aromatic heterocycles. The minimum Gasteiger partial charge on any atom is -0.323 e. The minimum atomic E-state index is -0.187. The van der Waals surface area contributed by atoms with Crippen molar-refractivity contribution in [2.24, 2.45) is 17.6 Å². The summed E-state index contributed by atoms with van der Waals surface area (Å²) in [5.41, 5.74) is 7.22. The number of carbonyl (C=O) groups is 1. The Labute approximate surface area is 111 Å². The van der Waals surface area contributed by atoms with Gasteiger partial charge in [-0.2, -0.15) is 0 Å². The molecule has 0 aliphatic rings. The topological polar surface area (TPSA) is 43.1 Å². The van der Waals surface area contributed by atoms with Crippen LogP contribution in [0.4, 0.5) is 0 Å². The summed E-state index contributed by atoms with van der Waals surface area (Å²) in [7, 11) is 0. The SMILES string of the molecule is CCC(CC)CC(=O)C(C)C(N)c1ccccc1. The summed E-state index contributed by atoms with van der Waals surface area (Å²) in [6.07, 6.45) is 2.79. The molecular weight excluding hydrogens is 222 g/mol. The normalized spacial score (nSPS) is 14.5. The molecule has 18 heavy (non-hydrogen) atoms. The van der Waals surface area contributed by atoms with Crippen LogP contribution in [0.25, 0.3) is 0 Å². The van der Waals surface area contributed by atoms with Gasteiger partial charge in [-0.25, -0.2) is 0 Å². The zero-order chi connectivity index (χ0) is 13.5. The summed E-state index contributed by atoms with van der Waals surface area (Å²) in [5, 5.41) is 0. The van der Waals surface area contributed by atoms with Gasteiger partial charge in [0.05, 0.1) is 0 Å². The Kier molecular flexibility index (Phi) is 6.06. The zero-order valence-corrected chi connectivity index (χ0v) is 11.7. The van der Waals surface area contributed by atoms with Crippen molar-refractivity contribution in [1.82, 2.24) is 0 Å². The maximum Gasteiger partial charge on any atom is 0.137 e. The van der Waals surface area contributed by atoms with E-state index in [0.29, 0.717) is 18.1 Å². The van der Waals surface area contributed by atoms with Crippen LogP contribution in [0.15, 0.2) is 30.3 Å². The van der Waals surface area contributed by atoms with Crippen LogP contribution in [0, 0.1) is 11.8 Å². The maximum atomic E-state index is 12.2. The number of rotatable bonds is 7. The van der Waals surface area contributed by atoms with E-state index in [1.807, 2.05) is 37.3 Å². The fraction of sp³-hybridized carbons (Fsp3) is 0.562. The molecule has 100 valence electrons. The molecule has 0 saturated carbocycles. The van der Waals surface area contributed by atoms with Gasteiger partial charge in [-0.3, -0.25) is 4.79 Å². The predicted molar refractivity (Wildman–Crippen MR) is 76.2 cm³/mol. The van der Waals surface area contributed by atoms with E-state index in [0.717, 1.165) is 18.4 Å². The molecule has 0 bridgehead atoms. The lowest BCUT2D eigenvalue weighted by Crippen LogP contribution is -2.27. The van der Waals surface area contributed by atoms with Crippen LogP contribution in [0.5, 0.6) is 0 Å². The molecule has 0 amide bonds. The van der Waals surface area contributed by atoms with Gasteiger partial charge in [-0.1, -0.05) is 63.9 Å². The summed E-state index contributed by atoms with van der Waals surface area (Å²) < 4.78 is 0. The first-order valence-corrected chi connectivity index (χ1v) is 6.93. The number of benzene rings is 1. The van der Waals surface area contributed by atoms with Crippen molar-refractivity contribution in [1.29, 1.82) is 0 Å². The van der Waals surface area contributed by atoms with Gasteiger partial charge in [0.2, 0.25) is 0 Å². The number of hydrogen-bond acceptors (Lipinski definition) is 2. The third-order valence-corrected chi connectivity index (χ3v) is 3.88. The Balaban J connectivity index is 2.63. The second-order valence-electron chi connectivity index (χ2n) is 5.08. The molecule has 2 nitrogen and oxygen atoms in total. The number of nitrogens with two attached hydrogens (primary N) is 1. The van der Waals surface area contributed by atoms with E-state index in [9.17, 15) is 4.79 Å². The predicted octanol–water partition coefficient (Wildman–Crippen LogP) is 3.72. The van der Waals surface area contributed by atoms with Gasteiger partial charge in [-0.15, -0.1) is 0 Å². The smallest absolute Gasteiger partial charge is 0.137 e. The molecule has 0 fully saturated rings. The van der Waals surface area contributed by atoms with Crippen molar-refractivity contribution in [2.75, 3.05) is 0 Å². The van der Waals surface area contributed by atoms with Crippen molar-refractivity contribution >= 4 is 5.78 Å². The molecule has 2 atom stereocenters. The lowest BCUT2D eigenvalue weighted by Gasteiger charge is -2.21. The van der Waals surface area contributed by atoms with Gasteiger partial charge < -0.3 is 5.73 Å². The Morgan fingerprint density at radius 3 is 2.22 bits per heavy atom. The summed E-state index contributed by atoms with van der Waals surface area (Å²) in [6, 6.07) is 9.69. The second kappa shape index (κ2) is 7.32. The second-order valence-corrected chi connectivity index (χ2v) is 5.08. The molecule has 1 aromatic carbocycles. The molecule has 2 N–H and O–H groups in total. The van der Waals surface area contributed by atoms with E-state index in [2.05, 4.69) is 13.8 Å². The maximum absolute atomic E-state index is 12.2. The van der Waals surface area contributed by atoms with Crippen LogP contribution < -0.4 is 5.73 Å². The highest BCUT2D eigenvalue weighted by Crippen LogP contribution is 2.24. The molecule has 2 heteroatoms. The first kappa shape index (κ1) is 14.9. The van der Waals surface area contributed by atoms with Crippen molar-refractivity contribution in [3.05, 3.63) is 35.9 Å². The van der Waals surface area contributed by atoms with Gasteiger partial charge in [0.1, 0.15) is 5.78 Å². The molecule has 0 heterocycles. The molecular formula is C16H25NO. The van der Waals surface area contributed by atoms with Crippen molar-refractivity contribution in [3.63, 3.8) is 0 Å². The molecule has 0 aliphatic carbocycles. The Morgan fingerprint density at radius 2 is 1.72 bits per heavy atom. The standard InChI is InChI=1S/C16H25NO/c1-4-13(5-2)11-15(18)12(3)16(17)14-9-7-6-8-10-14/h6-10,12-13,16H,4-5,11,17H2,1-3H3. The fourth-order valence-electron chi connectivity index (χ4n) is 2.21. The third kappa shape index (κ3) is 3.95. The van der Waals surface area contributed by atoms with Crippen molar-refractivity contribution in [3.8, 4) is 0 Å². The minimum absolute atomic E-state index is 0.104. The number of carbonyl (C=O) groups excluding carboxylic acids is 1. The van der Waals surface area contributed by atoms with Crippen LogP contribution in [0.2, 0.25) is 0 Å². The van der Waals surface area contributed by atoms with E-state index in [1.54, 1.807) is 0 Å². The molecule has 1 aromatic rings. The average molecular weight is 247 g/mol. The largest absolute Gasteiger partial charge is 0.323 e. The highest BCUT2D eigenvalue weighted by Gasteiger charge is 2.23. The van der Waals surface area contributed by atoms with E-state index in [4.69, 9.17) is 5.73 Å². The van der Waals surface area contributed by atoms with Crippen LogP contribution >= 0.6 is 0 Å². The Hall–Kier alpha value is -1.15. The van der Waals surface area contributed by atoms with Crippen LogP contribution in [-0.2, 0) is 4.79 Å². The van der Waals surface area contributed by atoms with Gasteiger partial charge in [-0.05, 0) is 11.5 Å². The van der Waals surface area contributed by atoms with Gasteiger partial charge >= 0.3 is 0 Å². The Bertz CT molecular complexity index is 357. The quantitative estimate of drug-likeness (QED) is 0.798. The van der Waals surface area contributed by atoms with Crippen LogP contribution in [0.1, 0.15) is 51.6 Å². The lowest BCUT2D eigenvalue weighted by molar-refractivity contribution is -0.124.